The van der Waals surface area contributed by atoms with E-state index >= 15 is 0 Å². The van der Waals surface area contributed by atoms with Crippen molar-refractivity contribution in [2.75, 3.05) is 6.61 Å². The van der Waals surface area contributed by atoms with Crippen LogP contribution in [-0.4, -0.2) is 12.4 Å². The Morgan fingerprint density at radius 3 is 2.86 bits per heavy atom. The monoisotopic (exact) mass is 194 g/mol. The number of carbonyl (C=O) groups is 1. The molecular formula is C11H11FO2. The van der Waals surface area contributed by atoms with E-state index in [0.717, 1.165) is 0 Å². The summed E-state index contributed by atoms with van der Waals surface area (Å²) in [6, 6.07) is 6.43. The van der Waals surface area contributed by atoms with Gasteiger partial charge in [-0.05, 0) is 6.07 Å². The van der Waals surface area contributed by atoms with Gasteiger partial charge in [-0.25, -0.2) is 4.39 Å². The molecule has 0 saturated carbocycles. The number of Topliss-reactive ketones (excluding diaryl/α,β-unsaturated/α-hetero) is 1. The molecule has 1 unspecified atom stereocenters. The van der Waals surface area contributed by atoms with E-state index in [4.69, 9.17) is 4.74 Å². The van der Waals surface area contributed by atoms with Crippen LogP contribution in [-0.2, 0) is 9.53 Å². The molecule has 1 aromatic rings. The Morgan fingerprint density at radius 2 is 2.14 bits per heavy atom. The third kappa shape index (κ3) is 1.82. The van der Waals surface area contributed by atoms with Gasteiger partial charge in [-0.3, -0.25) is 4.79 Å². The number of ketones is 1. The summed E-state index contributed by atoms with van der Waals surface area (Å²) in [5.74, 6) is -0.156. The smallest absolute Gasteiger partial charge is 0.138 e. The molecule has 2 nitrogen and oxygen atoms in total. The van der Waals surface area contributed by atoms with E-state index in [1.54, 1.807) is 18.2 Å². The largest absolute Gasteiger partial charge is 0.372 e. The molecule has 0 aromatic heterocycles. The van der Waals surface area contributed by atoms with Gasteiger partial charge in [0.2, 0.25) is 0 Å². The summed E-state index contributed by atoms with van der Waals surface area (Å²) in [7, 11) is 0. The molecule has 1 fully saturated rings. The highest BCUT2D eigenvalue weighted by Gasteiger charge is 2.23. The molecule has 74 valence electrons. The van der Waals surface area contributed by atoms with E-state index in [1.165, 1.54) is 6.07 Å². The van der Waals surface area contributed by atoms with Gasteiger partial charge in [0.15, 0.2) is 0 Å². The zero-order chi connectivity index (χ0) is 9.97. The molecule has 0 N–H and O–H groups in total. The van der Waals surface area contributed by atoms with Crippen molar-refractivity contribution in [3.63, 3.8) is 0 Å². The maximum Gasteiger partial charge on any atom is 0.138 e. The fourth-order valence-corrected chi connectivity index (χ4v) is 1.62. The van der Waals surface area contributed by atoms with Gasteiger partial charge in [-0.1, -0.05) is 18.2 Å². The predicted molar refractivity (Wildman–Crippen MR) is 49.3 cm³/mol. The van der Waals surface area contributed by atoms with Crippen LogP contribution in [0.25, 0.3) is 0 Å². The minimum Gasteiger partial charge on any atom is -0.372 e. The number of hydrogen-bond donors (Lipinski definition) is 0. The topological polar surface area (TPSA) is 26.3 Å². The van der Waals surface area contributed by atoms with Gasteiger partial charge < -0.3 is 4.74 Å². The first-order valence-electron chi connectivity index (χ1n) is 4.65. The van der Waals surface area contributed by atoms with E-state index < -0.39 is 6.10 Å². The lowest BCUT2D eigenvalue weighted by Gasteiger charge is -2.22. The Hall–Kier alpha value is -1.22. The second kappa shape index (κ2) is 3.88. The van der Waals surface area contributed by atoms with Crippen LogP contribution < -0.4 is 0 Å². The van der Waals surface area contributed by atoms with Crippen molar-refractivity contribution in [2.24, 2.45) is 0 Å². The normalized spacial score (nSPS) is 22.4. The molecule has 0 radical (unpaired) electrons. The number of hydrogen-bond acceptors (Lipinski definition) is 2. The summed E-state index contributed by atoms with van der Waals surface area (Å²) < 4.78 is 18.7. The van der Waals surface area contributed by atoms with E-state index in [-0.39, 0.29) is 11.6 Å². The molecule has 1 aliphatic rings. The Morgan fingerprint density at radius 1 is 1.36 bits per heavy atom. The minimum atomic E-state index is -0.391. The van der Waals surface area contributed by atoms with Crippen molar-refractivity contribution < 1.29 is 13.9 Å². The van der Waals surface area contributed by atoms with Crippen molar-refractivity contribution in [1.29, 1.82) is 0 Å². The van der Waals surface area contributed by atoms with Crippen molar-refractivity contribution in [3.05, 3.63) is 35.6 Å². The predicted octanol–water partition coefficient (Wildman–Crippen LogP) is 2.25. The number of benzene rings is 1. The summed E-state index contributed by atoms with van der Waals surface area (Å²) in [5, 5.41) is 0. The lowest BCUT2D eigenvalue weighted by Crippen LogP contribution is -2.20. The van der Waals surface area contributed by atoms with Crippen LogP contribution in [0.4, 0.5) is 4.39 Å². The highest BCUT2D eigenvalue weighted by molar-refractivity contribution is 5.79. The van der Waals surface area contributed by atoms with Crippen LogP contribution in [0, 0.1) is 5.82 Å². The number of rotatable bonds is 1. The molecule has 1 atom stereocenters. The molecular weight excluding hydrogens is 183 g/mol. The van der Waals surface area contributed by atoms with E-state index in [1.807, 2.05) is 0 Å². The quantitative estimate of drug-likeness (QED) is 0.685. The van der Waals surface area contributed by atoms with Gasteiger partial charge in [-0.2, -0.15) is 0 Å². The molecule has 3 heteroatoms. The Kier molecular flexibility index (Phi) is 2.59. The summed E-state index contributed by atoms with van der Waals surface area (Å²) in [4.78, 5) is 11.2. The molecule has 0 aliphatic carbocycles. The third-order valence-electron chi connectivity index (χ3n) is 2.37. The van der Waals surface area contributed by atoms with Crippen molar-refractivity contribution in [2.45, 2.75) is 18.9 Å². The number of carbonyl (C=O) groups excluding carboxylic acids is 1. The fraction of sp³-hybridized carbons (Fsp3) is 0.364. The maximum absolute atomic E-state index is 13.3. The van der Waals surface area contributed by atoms with E-state index in [2.05, 4.69) is 0 Å². The first-order chi connectivity index (χ1) is 6.77. The molecule has 0 amide bonds. The summed E-state index contributed by atoms with van der Waals surface area (Å²) in [6.45, 7) is 0.401. The van der Waals surface area contributed by atoms with Crippen LogP contribution in [0.5, 0.6) is 0 Å². The van der Waals surface area contributed by atoms with Gasteiger partial charge in [0, 0.05) is 18.4 Å². The SMILES string of the molecule is O=C1CCOC(c2ccccc2F)C1. The maximum atomic E-state index is 13.3. The lowest BCUT2D eigenvalue weighted by molar-refractivity contribution is -0.128. The van der Waals surface area contributed by atoms with Gasteiger partial charge >= 0.3 is 0 Å². The molecule has 1 saturated heterocycles. The van der Waals surface area contributed by atoms with Crippen LogP contribution in [0.15, 0.2) is 24.3 Å². The molecule has 0 bridgehead atoms. The summed E-state index contributed by atoms with van der Waals surface area (Å²) in [5.41, 5.74) is 0.487. The second-order valence-electron chi connectivity index (χ2n) is 3.37. The lowest BCUT2D eigenvalue weighted by atomic mass is 10.0. The number of ether oxygens (including phenoxy) is 1. The highest BCUT2D eigenvalue weighted by atomic mass is 19.1. The van der Waals surface area contributed by atoms with Gasteiger partial charge in [-0.15, -0.1) is 0 Å². The zero-order valence-electron chi connectivity index (χ0n) is 7.70. The van der Waals surface area contributed by atoms with Crippen LogP contribution in [0.2, 0.25) is 0 Å². The van der Waals surface area contributed by atoms with Gasteiger partial charge in [0.25, 0.3) is 0 Å². The molecule has 1 aliphatic heterocycles. The Balaban J connectivity index is 2.22. The van der Waals surface area contributed by atoms with Crippen LogP contribution in [0.3, 0.4) is 0 Å². The first kappa shape index (κ1) is 9.34. The average molecular weight is 194 g/mol. The molecule has 1 aromatic carbocycles. The Bertz CT molecular complexity index is 349. The molecule has 2 rings (SSSR count). The van der Waals surface area contributed by atoms with Crippen molar-refractivity contribution in [1.82, 2.24) is 0 Å². The molecule has 14 heavy (non-hydrogen) atoms. The standard InChI is InChI=1S/C11H11FO2/c12-10-4-2-1-3-9(10)11-7-8(13)5-6-14-11/h1-4,11H,5-7H2. The molecule has 0 spiro atoms. The molecule has 1 heterocycles. The average Bonchev–Trinajstić information content (AvgIpc) is 2.18. The highest BCUT2D eigenvalue weighted by Crippen LogP contribution is 2.27. The second-order valence-corrected chi connectivity index (χ2v) is 3.37. The minimum absolute atomic E-state index is 0.143. The van der Waals surface area contributed by atoms with E-state index in [9.17, 15) is 9.18 Å². The zero-order valence-corrected chi connectivity index (χ0v) is 7.70. The number of halogens is 1. The van der Waals surface area contributed by atoms with Crippen molar-refractivity contribution in [3.8, 4) is 0 Å². The van der Waals surface area contributed by atoms with Crippen LogP contribution in [0.1, 0.15) is 24.5 Å². The van der Waals surface area contributed by atoms with Gasteiger partial charge in [0.05, 0.1) is 12.7 Å². The fourth-order valence-electron chi connectivity index (χ4n) is 1.62. The van der Waals surface area contributed by atoms with Gasteiger partial charge in [0.1, 0.15) is 11.6 Å². The summed E-state index contributed by atoms with van der Waals surface area (Å²) >= 11 is 0. The van der Waals surface area contributed by atoms with E-state index in [0.29, 0.717) is 25.0 Å². The van der Waals surface area contributed by atoms with Crippen molar-refractivity contribution >= 4 is 5.78 Å². The van der Waals surface area contributed by atoms with Crippen LogP contribution >= 0.6 is 0 Å². The summed E-state index contributed by atoms with van der Waals surface area (Å²) in [6.07, 6.45) is 0.351. The Labute approximate surface area is 81.7 Å². The first-order valence-corrected chi connectivity index (χ1v) is 4.65. The third-order valence-corrected chi connectivity index (χ3v) is 2.37.